The van der Waals surface area contributed by atoms with E-state index in [2.05, 4.69) is 5.32 Å². The Balaban J connectivity index is 1.67. The first-order valence-corrected chi connectivity index (χ1v) is 8.92. The molecule has 0 fully saturated rings. The summed E-state index contributed by atoms with van der Waals surface area (Å²) in [4.78, 5) is 12.4. The number of ether oxygens (including phenoxy) is 2. The number of hydrogen-bond donors (Lipinski definition) is 1. The minimum Gasteiger partial charge on any atom is -0.487 e. The lowest BCUT2D eigenvalue weighted by molar-refractivity contribution is -0.137. The maximum Gasteiger partial charge on any atom is 0.416 e. The van der Waals surface area contributed by atoms with Gasteiger partial charge in [-0.15, -0.1) is 0 Å². The first kappa shape index (κ1) is 20.0. The van der Waals surface area contributed by atoms with Gasteiger partial charge in [0.2, 0.25) is 0 Å². The third kappa shape index (κ3) is 4.77. The number of fused-ring (bicyclic) bond motifs is 1. The van der Waals surface area contributed by atoms with E-state index in [9.17, 15) is 18.0 Å². The van der Waals surface area contributed by atoms with Crippen molar-refractivity contribution in [3.05, 3.63) is 59.2 Å². The number of benzene rings is 2. The van der Waals surface area contributed by atoms with E-state index in [4.69, 9.17) is 9.47 Å². The SMILES string of the molecule is Cc1ccc2c(c1)OC(C)(C)CC2NC(=O)COc1cccc(C(F)(F)F)c1. The molecule has 0 spiro atoms. The maximum atomic E-state index is 12.8. The molecular formula is C21H22F3NO3. The van der Waals surface area contributed by atoms with Crippen LogP contribution in [0.2, 0.25) is 0 Å². The molecule has 0 aliphatic carbocycles. The minimum absolute atomic E-state index is 0.00620. The molecule has 0 radical (unpaired) electrons. The van der Waals surface area contributed by atoms with Crippen LogP contribution >= 0.6 is 0 Å². The highest BCUT2D eigenvalue weighted by Crippen LogP contribution is 2.39. The van der Waals surface area contributed by atoms with Gasteiger partial charge in [-0.2, -0.15) is 13.2 Å². The van der Waals surface area contributed by atoms with Crippen LogP contribution in [-0.2, 0) is 11.0 Å². The molecule has 0 aromatic heterocycles. The molecule has 1 amide bonds. The van der Waals surface area contributed by atoms with Crippen molar-refractivity contribution in [3.63, 3.8) is 0 Å². The van der Waals surface area contributed by atoms with E-state index >= 15 is 0 Å². The van der Waals surface area contributed by atoms with Gasteiger partial charge in [-0.1, -0.05) is 18.2 Å². The van der Waals surface area contributed by atoms with Crippen LogP contribution in [-0.4, -0.2) is 18.1 Å². The summed E-state index contributed by atoms with van der Waals surface area (Å²) < 4.78 is 49.6. The molecule has 2 aromatic carbocycles. The molecule has 1 N–H and O–H groups in total. The van der Waals surface area contributed by atoms with Crippen molar-refractivity contribution in [1.82, 2.24) is 5.32 Å². The van der Waals surface area contributed by atoms with Crippen LogP contribution in [0.15, 0.2) is 42.5 Å². The van der Waals surface area contributed by atoms with Crippen molar-refractivity contribution in [2.45, 2.75) is 45.0 Å². The number of amides is 1. The van der Waals surface area contributed by atoms with E-state index in [1.807, 2.05) is 39.0 Å². The van der Waals surface area contributed by atoms with Crippen molar-refractivity contribution in [2.24, 2.45) is 0 Å². The zero-order valence-electron chi connectivity index (χ0n) is 15.9. The monoisotopic (exact) mass is 393 g/mol. The molecule has 0 saturated carbocycles. The van der Waals surface area contributed by atoms with Crippen LogP contribution in [0.1, 0.15) is 43.0 Å². The van der Waals surface area contributed by atoms with Gasteiger partial charge in [0.15, 0.2) is 6.61 Å². The predicted molar refractivity (Wildman–Crippen MR) is 98.3 cm³/mol. The fourth-order valence-corrected chi connectivity index (χ4v) is 3.23. The standard InChI is InChI=1S/C21H22F3NO3/c1-13-7-8-16-17(11-20(2,3)28-18(16)9-13)25-19(26)12-27-15-6-4-5-14(10-15)21(22,23)24/h4-10,17H,11-12H2,1-3H3,(H,25,26). The number of carbonyl (C=O) groups excluding carboxylic acids is 1. The van der Waals surface area contributed by atoms with Crippen LogP contribution < -0.4 is 14.8 Å². The van der Waals surface area contributed by atoms with E-state index in [1.54, 1.807) is 0 Å². The Kier molecular flexibility index (Phi) is 5.28. The van der Waals surface area contributed by atoms with Gasteiger partial charge in [0.1, 0.15) is 17.1 Å². The van der Waals surface area contributed by atoms with E-state index in [0.717, 1.165) is 29.0 Å². The summed E-state index contributed by atoms with van der Waals surface area (Å²) in [5, 5.41) is 2.90. The van der Waals surface area contributed by atoms with Gasteiger partial charge in [-0.25, -0.2) is 0 Å². The van der Waals surface area contributed by atoms with Gasteiger partial charge < -0.3 is 14.8 Å². The molecule has 2 aromatic rings. The lowest BCUT2D eigenvalue weighted by Gasteiger charge is -2.38. The van der Waals surface area contributed by atoms with Gasteiger partial charge in [0.05, 0.1) is 11.6 Å². The highest BCUT2D eigenvalue weighted by atomic mass is 19.4. The average molecular weight is 393 g/mol. The Morgan fingerprint density at radius 3 is 2.71 bits per heavy atom. The molecule has 0 bridgehead atoms. The van der Waals surface area contributed by atoms with Crippen molar-refractivity contribution < 1.29 is 27.4 Å². The van der Waals surface area contributed by atoms with Crippen LogP contribution in [0.5, 0.6) is 11.5 Å². The smallest absolute Gasteiger partial charge is 0.416 e. The van der Waals surface area contributed by atoms with Gasteiger partial charge >= 0.3 is 6.18 Å². The molecule has 4 nitrogen and oxygen atoms in total. The van der Waals surface area contributed by atoms with E-state index < -0.39 is 23.2 Å². The second-order valence-electron chi connectivity index (χ2n) is 7.54. The van der Waals surface area contributed by atoms with Crippen molar-refractivity contribution in [1.29, 1.82) is 0 Å². The lowest BCUT2D eigenvalue weighted by atomic mass is 9.89. The summed E-state index contributed by atoms with van der Waals surface area (Å²) in [5.41, 5.74) is 0.647. The summed E-state index contributed by atoms with van der Waals surface area (Å²) in [6.45, 7) is 5.47. The van der Waals surface area contributed by atoms with Gasteiger partial charge in [0, 0.05) is 12.0 Å². The Morgan fingerprint density at radius 1 is 1.25 bits per heavy atom. The Morgan fingerprint density at radius 2 is 2.00 bits per heavy atom. The van der Waals surface area contributed by atoms with Crippen LogP contribution in [0, 0.1) is 6.92 Å². The molecule has 28 heavy (non-hydrogen) atoms. The molecule has 7 heteroatoms. The van der Waals surface area contributed by atoms with Gasteiger partial charge in [0.25, 0.3) is 5.91 Å². The zero-order chi connectivity index (χ0) is 20.5. The molecule has 1 unspecified atom stereocenters. The minimum atomic E-state index is -4.46. The number of hydrogen-bond acceptors (Lipinski definition) is 3. The average Bonchev–Trinajstić information content (AvgIpc) is 2.58. The summed E-state index contributed by atoms with van der Waals surface area (Å²) in [6, 6.07) is 9.98. The molecule has 150 valence electrons. The molecule has 1 heterocycles. The van der Waals surface area contributed by atoms with Gasteiger partial charge in [-0.3, -0.25) is 4.79 Å². The molecule has 1 aliphatic rings. The van der Waals surface area contributed by atoms with Crippen LogP contribution in [0.3, 0.4) is 0 Å². The highest BCUT2D eigenvalue weighted by molar-refractivity contribution is 5.78. The first-order chi connectivity index (χ1) is 13.0. The Labute approximate surface area is 161 Å². The molecule has 0 saturated heterocycles. The number of halogens is 3. The second-order valence-corrected chi connectivity index (χ2v) is 7.54. The molecule has 1 aliphatic heterocycles. The van der Waals surface area contributed by atoms with Crippen LogP contribution in [0.4, 0.5) is 13.2 Å². The third-order valence-electron chi connectivity index (χ3n) is 4.49. The summed E-state index contributed by atoms with van der Waals surface area (Å²) >= 11 is 0. The number of nitrogens with one attached hydrogen (secondary N) is 1. The highest BCUT2D eigenvalue weighted by Gasteiger charge is 2.34. The first-order valence-electron chi connectivity index (χ1n) is 8.92. The largest absolute Gasteiger partial charge is 0.487 e. The number of alkyl halides is 3. The molecular weight excluding hydrogens is 371 g/mol. The van der Waals surface area contributed by atoms with E-state index in [-0.39, 0.29) is 18.4 Å². The zero-order valence-corrected chi connectivity index (χ0v) is 15.9. The normalized spacial score (nSPS) is 18.0. The second kappa shape index (κ2) is 7.37. The fraction of sp³-hybridized carbons (Fsp3) is 0.381. The molecule has 3 rings (SSSR count). The van der Waals surface area contributed by atoms with Gasteiger partial charge in [-0.05, 0) is 50.6 Å². The van der Waals surface area contributed by atoms with E-state index in [0.29, 0.717) is 6.42 Å². The maximum absolute atomic E-state index is 12.8. The predicted octanol–water partition coefficient (Wildman–Crippen LogP) is 4.81. The topological polar surface area (TPSA) is 47.6 Å². The summed E-state index contributed by atoms with van der Waals surface area (Å²) in [5.74, 6) is 0.306. The third-order valence-corrected chi connectivity index (χ3v) is 4.49. The van der Waals surface area contributed by atoms with Crippen LogP contribution in [0.25, 0.3) is 0 Å². The lowest BCUT2D eigenvalue weighted by Crippen LogP contribution is -2.42. The summed E-state index contributed by atoms with van der Waals surface area (Å²) in [7, 11) is 0. The Hall–Kier alpha value is -2.70. The van der Waals surface area contributed by atoms with Crippen molar-refractivity contribution in [2.75, 3.05) is 6.61 Å². The summed E-state index contributed by atoms with van der Waals surface area (Å²) in [6.07, 6.45) is -3.89. The van der Waals surface area contributed by atoms with E-state index in [1.165, 1.54) is 12.1 Å². The fourth-order valence-electron chi connectivity index (χ4n) is 3.23. The molecule has 1 atom stereocenters. The Bertz CT molecular complexity index is 877. The van der Waals surface area contributed by atoms with Crippen molar-refractivity contribution in [3.8, 4) is 11.5 Å². The quantitative estimate of drug-likeness (QED) is 0.811. The van der Waals surface area contributed by atoms with Crippen molar-refractivity contribution >= 4 is 5.91 Å². The number of aryl methyl sites for hydroxylation is 1. The number of carbonyl (C=O) groups is 1. The number of rotatable bonds is 4.